The Morgan fingerprint density at radius 3 is 2.42 bits per heavy atom. The fraction of sp³-hybridized carbons (Fsp3) is 0.364. The number of amides is 1. The van der Waals surface area contributed by atoms with Crippen LogP contribution < -0.4 is 10.1 Å². The number of morpholine rings is 1. The van der Waals surface area contributed by atoms with Gasteiger partial charge in [0, 0.05) is 24.3 Å². The first-order valence-electron chi connectivity index (χ1n) is 10.0. The van der Waals surface area contributed by atoms with Crippen LogP contribution in [0, 0.1) is 0 Å². The molecule has 0 aliphatic carbocycles. The molecule has 0 atom stereocenters. The summed E-state index contributed by atoms with van der Waals surface area (Å²) >= 11 is 0. The largest absolute Gasteiger partial charge is 0.487 e. The van der Waals surface area contributed by atoms with Gasteiger partial charge in [-0.05, 0) is 56.3 Å². The van der Waals surface area contributed by atoms with E-state index in [2.05, 4.69) is 5.32 Å². The second-order valence-electron chi connectivity index (χ2n) is 8.17. The summed E-state index contributed by atoms with van der Waals surface area (Å²) in [6.45, 7) is 5.07. The molecule has 0 bridgehead atoms. The van der Waals surface area contributed by atoms with Crippen molar-refractivity contribution in [1.29, 1.82) is 0 Å². The molecule has 1 fully saturated rings. The highest BCUT2D eigenvalue weighted by Gasteiger charge is 2.33. The highest BCUT2D eigenvalue weighted by molar-refractivity contribution is 7.89. The Balaban J connectivity index is 1.48. The minimum atomic E-state index is -3.60. The van der Waals surface area contributed by atoms with Gasteiger partial charge in [0.2, 0.25) is 10.0 Å². The van der Waals surface area contributed by atoms with E-state index in [-0.39, 0.29) is 17.1 Å². The lowest BCUT2D eigenvalue weighted by Gasteiger charge is -2.31. The molecule has 0 aromatic heterocycles. The van der Waals surface area contributed by atoms with Crippen LogP contribution in [0.2, 0.25) is 0 Å². The van der Waals surface area contributed by atoms with Crippen molar-refractivity contribution in [3.05, 3.63) is 53.6 Å². The van der Waals surface area contributed by atoms with Crippen molar-refractivity contribution in [2.45, 2.75) is 30.8 Å². The smallest absolute Gasteiger partial charge is 0.255 e. The van der Waals surface area contributed by atoms with E-state index in [1.54, 1.807) is 24.3 Å². The van der Waals surface area contributed by atoms with Crippen molar-refractivity contribution >= 4 is 27.4 Å². The number of ether oxygens (including phenoxy) is 2. The standard InChI is InChI=1S/C22H24N2O6S/c1-22(2)14-19(25)18-13-15(3-8-20(18)30-22)21(26)23-16-4-6-17(7-5-16)31(27,28)24-9-11-29-12-10-24/h3-8,13H,9-12,14H2,1-2H3,(H,23,26). The number of nitrogens with zero attached hydrogens (tertiary/aromatic N) is 1. The number of fused-ring (bicyclic) bond motifs is 1. The van der Waals surface area contributed by atoms with Gasteiger partial charge in [-0.3, -0.25) is 9.59 Å². The van der Waals surface area contributed by atoms with Crippen molar-refractivity contribution in [2.24, 2.45) is 0 Å². The lowest BCUT2D eigenvalue weighted by atomic mass is 9.92. The molecule has 2 aromatic rings. The number of hydrogen-bond donors (Lipinski definition) is 1. The third kappa shape index (κ3) is 4.48. The SMILES string of the molecule is CC1(C)CC(=O)c2cc(C(=O)Nc3ccc(S(=O)(=O)N4CCOCC4)cc3)ccc2O1. The average Bonchev–Trinajstić information content (AvgIpc) is 2.74. The highest BCUT2D eigenvalue weighted by atomic mass is 32.2. The fourth-order valence-corrected chi connectivity index (χ4v) is 5.05. The summed E-state index contributed by atoms with van der Waals surface area (Å²) in [5.74, 6) is -0.00161. The third-order valence-electron chi connectivity index (χ3n) is 5.23. The Morgan fingerprint density at radius 1 is 1.06 bits per heavy atom. The van der Waals surface area contributed by atoms with Gasteiger partial charge in [-0.2, -0.15) is 4.31 Å². The molecule has 164 valence electrons. The van der Waals surface area contributed by atoms with E-state index in [1.165, 1.54) is 22.5 Å². The van der Waals surface area contributed by atoms with Crippen molar-refractivity contribution < 1.29 is 27.5 Å². The molecule has 1 saturated heterocycles. The number of carbonyl (C=O) groups is 2. The molecule has 9 heteroatoms. The lowest BCUT2D eigenvalue weighted by Crippen LogP contribution is -2.40. The van der Waals surface area contributed by atoms with Crippen LogP contribution in [0.15, 0.2) is 47.4 Å². The second-order valence-corrected chi connectivity index (χ2v) is 10.1. The van der Waals surface area contributed by atoms with Crippen LogP contribution in [0.4, 0.5) is 5.69 Å². The Morgan fingerprint density at radius 2 is 1.74 bits per heavy atom. The van der Waals surface area contributed by atoms with Gasteiger partial charge in [0.25, 0.3) is 5.91 Å². The van der Waals surface area contributed by atoms with Crippen LogP contribution >= 0.6 is 0 Å². The second kappa shape index (κ2) is 8.07. The Labute approximate surface area is 181 Å². The van der Waals surface area contributed by atoms with E-state index in [0.717, 1.165) is 0 Å². The zero-order chi connectivity index (χ0) is 22.2. The van der Waals surface area contributed by atoms with Crippen LogP contribution in [0.1, 0.15) is 41.0 Å². The summed E-state index contributed by atoms with van der Waals surface area (Å²) < 4.78 is 37.8. The average molecular weight is 445 g/mol. The summed E-state index contributed by atoms with van der Waals surface area (Å²) in [5.41, 5.74) is 0.587. The molecule has 2 heterocycles. The van der Waals surface area contributed by atoms with E-state index in [1.807, 2.05) is 13.8 Å². The number of carbonyl (C=O) groups excluding carboxylic acids is 2. The van der Waals surface area contributed by atoms with Crippen molar-refractivity contribution in [3.63, 3.8) is 0 Å². The quantitative estimate of drug-likeness (QED) is 0.778. The number of Topliss-reactive ketones (excluding diaryl/α,β-unsaturated/α-hetero) is 1. The van der Waals surface area contributed by atoms with Gasteiger partial charge in [-0.1, -0.05) is 0 Å². The Bertz CT molecular complexity index is 1120. The first-order valence-corrected chi connectivity index (χ1v) is 11.5. The lowest BCUT2D eigenvalue weighted by molar-refractivity contribution is 0.0620. The number of hydrogen-bond acceptors (Lipinski definition) is 6. The number of ketones is 1. The van der Waals surface area contributed by atoms with Crippen LogP contribution in [-0.2, 0) is 14.8 Å². The molecule has 31 heavy (non-hydrogen) atoms. The maximum absolute atomic E-state index is 12.7. The molecular weight excluding hydrogens is 420 g/mol. The topological polar surface area (TPSA) is 102 Å². The minimum absolute atomic E-state index is 0.0708. The Kier molecular flexibility index (Phi) is 5.59. The van der Waals surface area contributed by atoms with Gasteiger partial charge in [-0.25, -0.2) is 8.42 Å². The molecule has 0 unspecified atom stereocenters. The molecule has 1 amide bonds. The van der Waals surface area contributed by atoms with Crippen molar-refractivity contribution in [1.82, 2.24) is 4.31 Å². The third-order valence-corrected chi connectivity index (χ3v) is 7.15. The monoisotopic (exact) mass is 444 g/mol. The molecule has 4 rings (SSSR count). The normalized spacial score (nSPS) is 18.7. The van der Waals surface area contributed by atoms with Gasteiger partial charge in [0.05, 0.1) is 30.1 Å². The Hall–Kier alpha value is -2.75. The van der Waals surface area contributed by atoms with E-state index in [4.69, 9.17) is 9.47 Å². The van der Waals surface area contributed by atoms with Gasteiger partial charge < -0.3 is 14.8 Å². The first kappa shape index (κ1) is 21.5. The van der Waals surface area contributed by atoms with Gasteiger partial charge >= 0.3 is 0 Å². The number of nitrogens with one attached hydrogen (secondary N) is 1. The molecule has 2 aliphatic heterocycles. The fourth-order valence-electron chi connectivity index (χ4n) is 3.64. The maximum Gasteiger partial charge on any atom is 0.255 e. The zero-order valence-electron chi connectivity index (χ0n) is 17.4. The summed E-state index contributed by atoms with van der Waals surface area (Å²) in [6.07, 6.45) is 0.240. The van der Waals surface area contributed by atoms with Gasteiger partial charge in [-0.15, -0.1) is 0 Å². The molecule has 0 spiro atoms. The van der Waals surface area contributed by atoms with E-state index < -0.39 is 21.5 Å². The van der Waals surface area contributed by atoms with Gasteiger partial charge in [0.15, 0.2) is 5.78 Å². The molecule has 1 N–H and O–H groups in total. The van der Waals surface area contributed by atoms with Crippen LogP contribution in [0.5, 0.6) is 5.75 Å². The van der Waals surface area contributed by atoms with Gasteiger partial charge in [0.1, 0.15) is 11.4 Å². The molecular formula is C22H24N2O6S. The van der Waals surface area contributed by atoms with Crippen molar-refractivity contribution in [3.8, 4) is 5.75 Å². The number of anilines is 1. The van der Waals surface area contributed by atoms with Crippen LogP contribution in [-0.4, -0.2) is 56.3 Å². The summed E-state index contributed by atoms with van der Waals surface area (Å²) in [5, 5.41) is 2.73. The van der Waals surface area contributed by atoms with Crippen LogP contribution in [0.3, 0.4) is 0 Å². The molecule has 0 saturated carbocycles. The summed E-state index contributed by atoms with van der Waals surface area (Å²) in [7, 11) is -3.60. The van der Waals surface area contributed by atoms with E-state index in [9.17, 15) is 18.0 Å². The summed E-state index contributed by atoms with van der Waals surface area (Å²) in [4.78, 5) is 25.2. The van der Waals surface area contributed by atoms with Crippen molar-refractivity contribution in [2.75, 3.05) is 31.6 Å². The number of sulfonamides is 1. The van der Waals surface area contributed by atoms with Crippen LogP contribution in [0.25, 0.3) is 0 Å². The molecule has 8 nitrogen and oxygen atoms in total. The summed E-state index contributed by atoms with van der Waals surface area (Å²) in [6, 6.07) is 10.8. The number of rotatable bonds is 4. The highest BCUT2D eigenvalue weighted by Crippen LogP contribution is 2.33. The molecule has 0 radical (unpaired) electrons. The number of benzene rings is 2. The zero-order valence-corrected chi connectivity index (χ0v) is 18.2. The molecule has 2 aliphatic rings. The molecule has 2 aromatic carbocycles. The first-order chi connectivity index (χ1) is 14.7. The maximum atomic E-state index is 12.7. The predicted molar refractivity (Wildman–Crippen MR) is 114 cm³/mol. The van der Waals surface area contributed by atoms with E-state index in [0.29, 0.717) is 48.9 Å². The predicted octanol–water partition coefficient (Wildman–Crippen LogP) is 2.70. The van der Waals surface area contributed by atoms with E-state index >= 15 is 0 Å². The minimum Gasteiger partial charge on any atom is -0.487 e.